The number of phosphoric acid groups is 1. The van der Waals surface area contributed by atoms with Gasteiger partial charge < -0.3 is 0 Å². The third-order valence-electron chi connectivity index (χ3n) is 6.66. The Kier molecular flexibility index (Phi) is 11.4. The van der Waals surface area contributed by atoms with Crippen LogP contribution >= 0.6 is 15.7 Å². The number of hydrogen-bond acceptors (Lipinski definition) is 4. The third-order valence-corrected chi connectivity index (χ3v) is 12.1. The summed E-state index contributed by atoms with van der Waals surface area (Å²) >= 11 is 0. The molecule has 0 heterocycles. The van der Waals surface area contributed by atoms with E-state index in [-0.39, 0.29) is 0 Å². The molecule has 4 nitrogen and oxygen atoms in total. The fourth-order valence-electron chi connectivity index (χ4n) is 5.26. The number of hydrogen-bond donors (Lipinski definition) is 0. The van der Waals surface area contributed by atoms with Crippen LogP contribution in [0.1, 0.15) is 96.3 Å². The van der Waals surface area contributed by atoms with Crippen molar-refractivity contribution in [1.29, 1.82) is 0 Å². The van der Waals surface area contributed by atoms with E-state index in [4.69, 9.17) is 0 Å². The summed E-state index contributed by atoms with van der Waals surface area (Å²) < 4.78 is 23.7. The Morgan fingerprint density at radius 1 is 0.556 bits per heavy atom. The summed E-state index contributed by atoms with van der Waals surface area (Å²) in [4.78, 5) is 0. The molecule has 0 bridgehead atoms. The maximum absolute atomic E-state index is 10.7. The predicted octanol–water partition coefficient (Wildman–Crippen LogP) is 7.50. The average Bonchev–Trinajstić information content (AvgIpc) is 2.76. The van der Waals surface area contributed by atoms with Gasteiger partial charge in [-0.1, -0.05) is 65.7 Å². The standard InChI is InChI=1S/C18H33P.C3H9O4P/c1-4-10-16(11-5-1)19(17-12-6-2-7-13-17)18-14-8-3-9-15-18;1-5-8(4,6-2)7-3/h16-18H,1-15H2;1-3H3. The molecule has 3 fully saturated rings. The van der Waals surface area contributed by atoms with Gasteiger partial charge in [0.2, 0.25) is 0 Å². The molecule has 160 valence electrons. The molecule has 0 N–H and O–H groups in total. The van der Waals surface area contributed by atoms with Gasteiger partial charge in [0, 0.05) is 21.3 Å². The van der Waals surface area contributed by atoms with Crippen LogP contribution in [0.25, 0.3) is 0 Å². The average molecular weight is 421 g/mol. The van der Waals surface area contributed by atoms with Gasteiger partial charge in [0.05, 0.1) is 0 Å². The first-order valence-corrected chi connectivity index (χ1v) is 14.2. The first kappa shape index (κ1) is 23.8. The Labute approximate surface area is 168 Å². The number of rotatable bonds is 6. The molecule has 3 saturated carbocycles. The van der Waals surface area contributed by atoms with Crippen molar-refractivity contribution in [2.75, 3.05) is 21.3 Å². The third kappa shape index (κ3) is 7.71. The number of phosphoric ester groups is 1. The topological polar surface area (TPSA) is 44.8 Å². The monoisotopic (exact) mass is 420 g/mol. The molecular formula is C21H42O4P2. The van der Waals surface area contributed by atoms with E-state index in [1.54, 1.807) is 77.0 Å². The first-order chi connectivity index (χ1) is 13.1. The quantitative estimate of drug-likeness (QED) is 0.417. The molecule has 0 aromatic rings. The molecule has 0 unspecified atom stereocenters. The summed E-state index contributed by atoms with van der Waals surface area (Å²) in [5, 5.41) is 0. The predicted molar refractivity (Wildman–Crippen MR) is 116 cm³/mol. The van der Waals surface area contributed by atoms with Gasteiger partial charge in [-0.15, -0.1) is 0 Å². The molecular weight excluding hydrogens is 378 g/mol. The first-order valence-electron chi connectivity index (χ1n) is 11.2. The van der Waals surface area contributed by atoms with Crippen LogP contribution in [0.5, 0.6) is 0 Å². The highest BCUT2D eigenvalue weighted by Gasteiger charge is 2.36. The van der Waals surface area contributed by atoms with E-state index in [2.05, 4.69) is 13.6 Å². The lowest BCUT2D eigenvalue weighted by Gasteiger charge is -2.44. The van der Waals surface area contributed by atoms with Crippen molar-refractivity contribution < 1.29 is 18.1 Å². The fourth-order valence-corrected chi connectivity index (χ4v) is 10.4. The van der Waals surface area contributed by atoms with Gasteiger partial charge >= 0.3 is 7.82 Å². The van der Waals surface area contributed by atoms with E-state index >= 15 is 0 Å². The van der Waals surface area contributed by atoms with Gasteiger partial charge in [-0.2, -0.15) is 0 Å². The highest BCUT2D eigenvalue weighted by atomic mass is 31.2. The van der Waals surface area contributed by atoms with E-state index in [1.807, 2.05) is 0 Å². The summed E-state index contributed by atoms with van der Waals surface area (Å²) in [6.07, 6.45) is 23.6. The van der Waals surface area contributed by atoms with Crippen LogP contribution in [-0.4, -0.2) is 38.3 Å². The second-order valence-electron chi connectivity index (χ2n) is 8.32. The van der Waals surface area contributed by atoms with Gasteiger partial charge in [-0.3, -0.25) is 13.6 Å². The molecule has 3 rings (SSSR count). The van der Waals surface area contributed by atoms with Gasteiger partial charge in [-0.25, -0.2) is 4.57 Å². The van der Waals surface area contributed by atoms with E-state index in [1.165, 1.54) is 57.6 Å². The van der Waals surface area contributed by atoms with Crippen molar-refractivity contribution >= 4 is 15.7 Å². The lowest BCUT2D eigenvalue weighted by atomic mass is 9.99. The highest BCUT2D eigenvalue weighted by Crippen LogP contribution is 2.61. The van der Waals surface area contributed by atoms with Crippen LogP contribution < -0.4 is 0 Å². The van der Waals surface area contributed by atoms with Gasteiger partial charge in [0.15, 0.2) is 0 Å². The smallest absolute Gasteiger partial charge is 0.290 e. The molecule has 0 spiro atoms. The SMILES string of the molecule is C1CCC(P(C2CCCCC2)C2CCCCC2)CC1.COP(=O)(OC)OC. The molecule has 0 saturated heterocycles. The molecule has 3 aliphatic carbocycles. The Morgan fingerprint density at radius 3 is 1.00 bits per heavy atom. The maximum atomic E-state index is 10.7. The van der Waals surface area contributed by atoms with Crippen LogP contribution in [0.2, 0.25) is 0 Å². The molecule has 0 radical (unpaired) electrons. The Bertz CT molecular complexity index is 366. The minimum atomic E-state index is -3.16. The zero-order chi connectivity index (χ0) is 19.5. The summed E-state index contributed by atoms with van der Waals surface area (Å²) in [6.45, 7) is 0. The molecule has 0 aliphatic heterocycles. The van der Waals surface area contributed by atoms with E-state index < -0.39 is 7.82 Å². The second kappa shape index (κ2) is 13.0. The van der Waals surface area contributed by atoms with Crippen LogP contribution in [0, 0.1) is 0 Å². The molecule has 3 aliphatic rings. The van der Waals surface area contributed by atoms with Gasteiger partial charge in [0.1, 0.15) is 0 Å². The molecule has 0 atom stereocenters. The van der Waals surface area contributed by atoms with Crippen LogP contribution in [-0.2, 0) is 18.1 Å². The van der Waals surface area contributed by atoms with Crippen LogP contribution in [0.15, 0.2) is 0 Å². The van der Waals surface area contributed by atoms with Crippen LogP contribution in [0.4, 0.5) is 0 Å². The summed E-state index contributed by atoms with van der Waals surface area (Å²) in [5.74, 6) is 0. The Hall–Kier alpha value is 0.540. The van der Waals surface area contributed by atoms with Crippen molar-refractivity contribution in [3.05, 3.63) is 0 Å². The van der Waals surface area contributed by atoms with Crippen molar-refractivity contribution in [1.82, 2.24) is 0 Å². The van der Waals surface area contributed by atoms with Gasteiger partial charge in [0.25, 0.3) is 0 Å². The minimum Gasteiger partial charge on any atom is -0.290 e. The summed E-state index contributed by atoms with van der Waals surface area (Å²) in [7, 11) is 0.996. The molecule has 0 aromatic heterocycles. The lowest BCUT2D eigenvalue weighted by Crippen LogP contribution is -2.28. The molecule has 6 heteroatoms. The highest BCUT2D eigenvalue weighted by molar-refractivity contribution is 7.60. The van der Waals surface area contributed by atoms with Crippen molar-refractivity contribution in [2.45, 2.75) is 113 Å². The van der Waals surface area contributed by atoms with E-state index in [0.717, 1.165) is 0 Å². The fraction of sp³-hybridized carbons (Fsp3) is 1.00. The van der Waals surface area contributed by atoms with Crippen molar-refractivity contribution in [2.24, 2.45) is 0 Å². The maximum Gasteiger partial charge on any atom is 0.473 e. The van der Waals surface area contributed by atoms with E-state index in [0.29, 0.717) is 7.92 Å². The largest absolute Gasteiger partial charge is 0.473 e. The van der Waals surface area contributed by atoms with Crippen LogP contribution in [0.3, 0.4) is 0 Å². The zero-order valence-electron chi connectivity index (χ0n) is 17.9. The van der Waals surface area contributed by atoms with Crippen molar-refractivity contribution in [3.63, 3.8) is 0 Å². The molecule has 27 heavy (non-hydrogen) atoms. The molecule has 0 amide bonds. The lowest BCUT2D eigenvalue weighted by molar-refractivity contribution is 0.178. The van der Waals surface area contributed by atoms with Crippen molar-refractivity contribution in [3.8, 4) is 0 Å². The zero-order valence-corrected chi connectivity index (χ0v) is 19.7. The van der Waals surface area contributed by atoms with E-state index in [9.17, 15) is 4.57 Å². The second-order valence-corrected chi connectivity index (χ2v) is 13.4. The molecule has 0 aromatic carbocycles. The summed E-state index contributed by atoms with van der Waals surface area (Å²) in [6, 6.07) is 0. The Balaban J connectivity index is 0.000000279. The van der Waals surface area contributed by atoms with Gasteiger partial charge in [-0.05, 0) is 55.5 Å². The minimum absolute atomic E-state index is 0.385. The normalized spacial score (nSPS) is 23.9. The Morgan fingerprint density at radius 2 is 0.815 bits per heavy atom. The summed E-state index contributed by atoms with van der Waals surface area (Å²) in [5.41, 5.74) is 3.57.